The summed E-state index contributed by atoms with van der Waals surface area (Å²) in [5, 5.41) is 18.6. The molecule has 18 heavy (non-hydrogen) atoms. The Morgan fingerprint density at radius 2 is 2.00 bits per heavy atom. The Balaban J connectivity index is 2.91. The van der Waals surface area contributed by atoms with Gasteiger partial charge in [0.1, 0.15) is 0 Å². The molecule has 0 radical (unpaired) electrons. The van der Waals surface area contributed by atoms with Gasteiger partial charge >= 0.3 is 0 Å². The Hall–Kier alpha value is -1.42. The average molecular weight is 272 g/mol. The lowest BCUT2D eigenvalue weighted by molar-refractivity contribution is 0.0706. The molecule has 0 saturated carbocycles. The number of amides is 1. The van der Waals surface area contributed by atoms with Crippen LogP contribution in [0.25, 0.3) is 0 Å². The second kappa shape index (κ2) is 6.50. The first-order chi connectivity index (χ1) is 8.47. The van der Waals surface area contributed by atoms with Gasteiger partial charge in [0.15, 0.2) is 11.5 Å². The SMILES string of the molecule is CC(C)N(CCCCl)C(=O)c1ccc(O)c(O)c1. The number of hydrogen-bond donors (Lipinski definition) is 2. The van der Waals surface area contributed by atoms with Gasteiger partial charge in [0, 0.05) is 24.0 Å². The molecule has 1 rings (SSSR count). The van der Waals surface area contributed by atoms with Crippen molar-refractivity contribution in [3.05, 3.63) is 23.8 Å². The molecule has 0 aliphatic rings. The maximum Gasteiger partial charge on any atom is 0.254 e. The first-order valence-corrected chi connectivity index (χ1v) is 6.39. The third kappa shape index (κ3) is 3.53. The number of halogens is 1. The molecule has 0 atom stereocenters. The molecule has 1 aromatic carbocycles. The molecule has 0 aliphatic carbocycles. The highest BCUT2D eigenvalue weighted by atomic mass is 35.5. The molecule has 4 nitrogen and oxygen atoms in total. The molecule has 2 N–H and O–H groups in total. The van der Waals surface area contributed by atoms with E-state index in [2.05, 4.69) is 0 Å². The molecule has 0 spiro atoms. The van der Waals surface area contributed by atoms with E-state index in [1.807, 2.05) is 13.8 Å². The molecule has 5 heteroatoms. The van der Waals surface area contributed by atoms with Gasteiger partial charge in [-0.05, 0) is 38.5 Å². The number of phenols is 2. The van der Waals surface area contributed by atoms with Gasteiger partial charge in [-0.3, -0.25) is 4.79 Å². The Morgan fingerprint density at radius 1 is 1.33 bits per heavy atom. The molecular formula is C13H18ClNO3. The quantitative estimate of drug-likeness (QED) is 0.639. The zero-order chi connectivity index (χ0) is 13.7. The Morgan fingerprint density at radius 3 is 2.50 bits per heavy atom. The second-order valence-corrected chi connectivity index (χ2v) is 4.72. The number of nitrogens with zero attached hydrogens (tertiary/aromatic N) is 1. The topological polar surface area (TPSA) is 60.8 Å². The van der Waals surface area contributed by atoms with Crippen molar-refractivity contribution in [2.75, 3.05) is 12.4 Å². The van der Waals surface area contributed by atoms with Gasteiger partial charge < -0.3 is 15.1 Å². The van der Waals surface area contributed by atoms with Crippen LogP contribution in [0.1, 0.15) is 30.6 Å². The summed E-state index contributed by atoms with van der Waals surface area (Å²) >= 11 is 5.64. The van der Waals surface area contributed by atoms with Crippen LogP contribution in [0.2, 0.25) is 0 Å². The van der Waals surface area contributed by atoms with E-state index in [0.29, 0.717) is 18.0 Å². The third-order valence-electron chi connectivity index (χ3n) is 2.64. The molecule has 100 valence electrons. The fraction of sp³-hybridized carbons (Fsp3) is 0.462. The molecule has 0 saturated heterocycles. The van der Waals surface area contributed by atoms with E-state index >= 15 is 0 Å². The largest absolute Gasteiger partial charge is 0.504 e. The van der Waals surface area contributed by atoms with E-state index in [0.717, 1.165) is 6.42 Å². The minimum absolute atomic E-state index is 0.0525. The van der Waals surface area contributed by atoms with Crippen molar-refractivity contribution in [1.29, 1.82) is 0 Å². The average Bonchev–Trinajstić information content (AvgIpc) is 2.32. The lowest BCUT2D eigenvalue weighted by Gasteiger charge is -2.26. The highest BCUT2D eigenvalue weighted by molar-refractivity contribution is 6.17. The fourth-order valence-corrected chi connectivity index (χ4v) is 1.77. The van der Waals surface area contributed by atoms with Crippen LogP contribution in [0.5, 0.6) is 11.5 Å². The normalized spacial score (nSPS) is 10.7. The minimum atomic E-state index is -0.290. The van der Waals surface area contributed by atoms with Crippen molar-refractivity contribution < 1.29 is 15.0 Å². The lowest BCUT2D eigenvalue weighted by atomic mass is 10.1. The summed E-state index contributed by atoms with van der Waals surface area (Å²) in [4.78, 5) is 13.9. The molecule has 1 amide bonds. The Labute approximate surface area is 112 Å². The van der Waals surface area contributed by atoms with E-state index in [-0.39, 0.29) is 23.4 Å². The van der Waals surface area contributed by atoms with Crippen molar-refractivity contribution in [3.8, 4) is 11.5 Å². The standard InChI is InChI=1S/C13H18ClNO3/c1-9(2)15(7-3-6-14)13(18)10-4-5-11(16)12(17)8-10/h4-5,8-9,16-17H,3,6-7H2,1-2H3. The van der Waals surface area contributed by atoms with Gasteiger partial charge in [-0.2, -0.15) is 0 Å². The molecule has 0 unspecified atom stereocenters. The highest BCUT2D eigenvalue weighted by Gasteiger charge is 2.19. The molecule has 0 bridgehead atoms. The summed E-state index contributed by atoms with van der Waals surface area (Å²) in [5.41, 5.74) is 0.355. The van der Waals surface area contributed by atoms with Crippen molar-refractivity contribution >= 4 is 17.5 Å². The lowest BCUT2D eigenvalue weighted by Crippen LogP contribution is -2.37. The van der Waals surface area contributed by atoms with Gasteiger partial charge in [-0.25, -0.2) is 0 Å². The molecule has 1 aromatic rings. The number of carbonyl (C=O) groups excluding carboxylic acids is 1. The number of phenolic OH excluding ortho intramolecular Hbond substituents is 2. The van der Waals surface area contributed by atoms with Crippen LogP contribution in [0.3, 0.4) is 0 Å². The van der Waals surface area contributed by atoms with Gasteiger partial charge in [-0.15, -0.1) is 11.6 Å². The number of alkyl halides is 1. The molecule has 0 heterocycles. The van der Waals surface area contributed by atoms with E-state index in [1.165, 1.54) is 18.2 Å². The van der Waals surface area contributed by atoms with Crippen LogP contribution < -0.4 is 0 Å². The summed E-state index contributed by atoms with van der Waals surface area (Å²) in [5.74, 6) is -0.201. The first-order valence-electron chi connectivity index (χ1n) is 5.86. The van der Waals surface area contributed by atoms with Gasteiger partial charge in [0.25, 0.3) is 5.91 Å². The van der Waals surface area contributed by atoms with Crippen LogP contribution in [0.4, 0.5) is 0 Å². The van der Waals surface area contributed by atoms with Crippen molar-refractivity contribution in [2.24, 2.45) is 0 Å². The minimum Gasteiger partial charge on any atom is -0.504 e. The zero-order valence-electron chi connectivity index (χ0n) is 10.6. The number of hydrogen-bond acceptors (Lipinski definition) is 3. The van der Waals surface area contributed by atoms with Gasteiger partial charge in [-0.1, -0.05) is 0 Å². The smallest absolute Gasteiger partial charge is 0.254 e. The van der Waals surface area contributed by atoms with E-state index in [4.69, 9.17) is 11.6 Å². The molecule has 0 aromatic heterocycles. The second-order valence-electron chi connectivity index (χ2n) is 4.34. The molecule has 0 fully saturated rings. The maximum atomic E-state index is 12.2. The van der Waals surface area contributed by atoms with E-state index in [1.54, 1.807) is 4.90 Å². The number of carbonyl (C=O) groups is 1. The fourth-order valence-electron chi connectivity index (χ4n) is 1.65. The summed E-state index contributed by atoms with van der Waals surface area (Å²) in [6.07, 6.45) is 0.718. The predicted molar refractivity (Wildman–Crippen MR) is 71.3 cm³/mol. The van der Waals surface area contributed by atoms with Crippen molar-refractivity contribution in [3.63, 3.8) is 0 Å². The van der Waals surface area contributed by atoms with Crippen molar-refractivity contribution in [1.82, 2.24) is 4.90 Å². The van der Waals surface area contributed by atoms with Crippen molar-refractivity contribution in [2.45, 2.75) is 26.3 Å². The summed E-state index contributed by atoms with van der Waals surface area (Å²) in [6, 6.07) is 4.13. The van der Waals surface area contributed by atoms with Crippen LogP contribution in [-0.4, -0.2) is 39.5 Å². The maximum absolute atomic E-state index is 12.2. The summed E-state index contributed by atoms with van der Waals surface area (Å²) in [6.45, 7) is 4.42. The Kier molecular flexibility index (Phi) is 5.28. The Bertz CT molecular complexity index is 421. The molecular weight excluding hydrogens is 254 g/mol. The van der Waals surface area contributed by atoms with Crippen LogP contribution in [-0.2, 0) is 0 Å². The number of aromatic hydroxyl groups is 2. The number of rotatable bonds is 5. The van der Waals surface area contributed by atoms with E-state index in [9.17, 15) is 15.0 Å². The van der Waals surface area contributed by atoms with E-state index < -0.39 is 0 Å². The summed E-state index contributed by atoms with van der Waals surface area (Å²) in [7, 11) is 0. The first kappa shape index (κ1) is 14.6. The predicted octanol–water partition coefficient (Wildman–Crippen LogP) is 2.58. The summed E-state index contributed by atoms with van der Waals surface area (Å²) < 4.78 is 0. The van der Waals surface area contributed by atoms with Crippen LogP contribution >= 0.6 is 11.6 Å². The number of benzene rings is 1. The zero-order valence-corrected chi connectivity index (χ0v) is 11.3. The molecule has 0 aliphatic heterocycles. The van der Waals surface area contributed by atoms with Gasteiger partial charge in [0.2, 0.25) is 0 Å². The van der Waals surface area contributed by atoms with Crippen LogP contribution in [0.15, 0.2) is 18.2 Å². The van der Waals surface area contributed by atoms with Crippen LogP contribution in [0, 0.1) is 0 Å². The highest BCUT2D eigenvalue weighted by Crippen LogP contribution is 2.25. The van der Waals surface area contributed by atoms with Gasteiger partial charge in [0.05, 0.1) is 0 Å². The monoisotopic (exact) mass is 271 g/mol. The third-order valence-corrected chi connectivity index (χ3v) is 2.91.